The summed E-state index contributed by atoms with van der Waals surface area (Å²) in [6.07, 6.45) is 7.52. The minimum atomic E-state index is -0.0620. The summed E-state index contributed by atoms with van der Waals surface area (Å²) in [7, 11) is 3.67. The highest BCUT2D eigenvalue weighted by atomic mass is 16.5. The van der Waals surface area contributed by atoms with Gasteiger partial charge in [0.25, 0.3) is 0 Å². The predicted molar refractivity (Wildman–Crippen MR) is 138 cm³/mol. The molecule has 0 N–H and O–H groups in total. The SMILES string of the molecule is Cn1cc(-n2c(C3CCOCC3)nc3c(Oc4ccccc4)c(-c4ccc(=O)n(C)c4)ccc32)cn1. The Kier molecular flexibility index (Phi) is 5.65. The van der Waals surface area contributed by atoms with Gasteiger partial charge in [0.15, 0.2) is 5.75 Å². The molecular formula is C28H27N5O3. The minimum Gasteiger partial charge on any atom is -0.454 e. The lowest BCUT2D eigenvalue weighted by Gasteiger charge is -2.22. The molecule has 3 aromatic heterocycles. The van der Waals surface area contributed by atoms with Crippen molar-refractivity contribution in [2.45, 2.75) is 18.8 Å². The molecule has 0 spiro atoms. The summed E-state index contributed by atoms with van der Waals surface area (Å²) < 4.78 is 17.7. The van der Waals surface area contributed by atoms with Gasteiger partial charge in [-0.15, -0.1) is 0 Å². The highest BCUT2D eigenvalue weighted by Crippen LogP contribution is 2.42. The van der Waals surface area contributed by atoms with Crippen LogP contribution in [0.2, 0.25) is 0 Å². The van der Waals surface area contributed by atoms with Crippen LogP contribution in [0.15, 0.2) is 78.0 Å². The zero-order valence-electron chi connectivity index (χ0n) is 20.3. The first-order valence-electron chi connectivity index (χ1n) is 12.1. The Bertz CT molecular complexity index is 1590. The summed E-state index contributed by atoms with van der Waals surface area (Å²) in [6.45, 7) is 1.44. The van der Waals surface area contributed by atoms with Gasteiger partial charge in [-0.05, 0) is 43.2 Å². The Morgan fingerprint density at radius 1 is 0.972 bits per heavy atom. The number of para-hydroxylation sites is 1. The number of ether oxygens (including phenoxy) is 2. The first-order chi connectivity index (χ1) is 17.6. The van der Waals surface area contributed by atoms with Crippen molar-refractivity contribution < 1.29 is 9.47 Å². The van der Waals surface area contributed by atoms with E-state index >= 15 is 0 Å². The van der Waals surface area contributed by atoms with Crippen molar-refractivity contribution >= 4 is 11.0 Å². The van der Waals surface area contributed by atoms with Crippen LogP contribution in [-0.2, 0) is 18.8 Å². The normalized spacial score (nSPS) is 14.4. The second kappa shape index (κ2) is 9.13. The third-order valence-electron chi connectivity index (χ3n) is 6.70. The molecule has 36 heavy (non-hydrogen) atoms. The van der Waals surface area contributed by atoms with Gasteiger partial charge in [0.2, 0.25) is 5.56 Å². The molecule has 1 aliphatic rings. The number of hydrogen-bond acceptors (Lipinski definition) is 5. The first-order valence-corrected chi connectivity index (χ1v) is 12.1. The van der Waals surface area contributed by atoms with Crippen molar-refractivity contribution in [1.82, 2.24) is 23.9 Å². The molecule has 0 radical (unpaired) electrons. The van der Waals surface area contributed by atoms with Crippen LogP contribution in [0.1, 0.15) is 24.6 Å². The van der Waals surface area contributed by atoms with Crippen LogP contribution in [0.5, 0.6) is 11.5 Å². The fourth-order valence-electron chi connectivity index (χ4n) is 4.85. The Morgan fingerprint density at radius 3 is 2.50 bits per heavy atom. The molecule has 5 aromatic rings. The van der Waals surface area contributed by atoms with Crippen molar-refractivity contribution in [3.63, 3.8) is 0 Å². The van der Waals surface area contributed by atoms with E-state index in [9.17, 15) is 4.79 Å². The molecule has 0 bridgehead atoms. The molecule has 0 atom stereocenters. The molecule has 1 aliphatic heterocycles. The fourth-order valence-corrected chi connectivity index (χ4v) is 4.85. The number of pyridine rings is 1. The second-order valence-electron chi connectivity index (χ2n) is 9.16. The van der Waals surface area contributed by atoms with Crippen molar-refractivity contribution in [3.05, 3.63) is 89.4 Å². The van der Waals surface area contributed by atoms with Crippen LogP contribution in [-0.4, -0.2) is 37.1 Å². The Balaban J connectivity index is 1.62. The average Bonchev–Trinajstić information content (AvgIpc) is 3.50. The molecule has 2 aromatic carbocycles. The lowest BCUT2D eigenvalue weighted by Crippen LogP contribution is -2.17. The van der Waals surface area contributed by atoms with E-state index < -0.39 is 0 Å². The number of fused-ring (bicyclic) bond motifs is 1. The van der Waals surface area contributed by atoms with Gasteiger partial charge in [-0.2, -0.15) is 5.10 Å². The molecule has 1 fully saturated rings. The quantitative estimate of drug-likeness (QED) is 0.360. The smallest absolute Gasteiger partial charge is 0.250 e. The number of hydrogen-bond donors (Lipinski definition) is 0. The molecule has 0 saturated carbocycles. The van der Waals surface area contributed by atoms with E-state index in [1.807, 2.05) is 68.1 Å². The Hall–Kier alpha value is -4.17. The van der Waals surface area contributed by atoms with Crippen molar-refractivity contribution in [2.75, 3.05) is 13.2 Å². The van der Waals surface area contributed by atoms with E-state index in [-0.39, 0.29) is 11.5 Å². The fraction of sp³-hybridized carbons (Fsp3) is 0.250. The van der Waals surface area contributed by atoms with Gasteiger partial charge in [-0.3, -0.25) is 14.0 Å². The van der Waals surface area contributed by atoms with Gasteiger partial charge < -0.3 is 14.0 Å². The summed E-state index contributed by atoms with van der Waals surface area (Å²) in [5.41, 5.74) is 4.37. The molecule has 8 heteroatoms. The van der Waals surface area contributed by atoms with E-state index in [0.29, 0.717) is 5.75 Å². The number of nitrogens with zero attached hydrogens (tertiary/aromatic N) is 5. The zero-order valence-corrected chi connectivity index (χ0v) is 20.3. The maximum absolute atomic E-state index is 12.1. The number of benzene rings is 2. The number of aryl methyl sites for hydroxylation is 2. The van der Waals surface area contributed by atoms with E-state index in [0.717, 1.165) is 65.5 Å². The second-order valence-corrected chi connectivity index (χ2v) is 9.16. The van der Waals surface area contributed by atoms with E-state index in [1.54, 1.807) is 22.4 Å². The highest BCUT2D eigenvalue weighted by Gasteiger charge is 2.27. The molecule has 0 amide bonds. The number of imidazole rings is 1. The lowest BCUT2D eigenvalue weighted by atomic mass is 9.99. The first kappa shape index (κ1) is 22.3. The van der Waals surface area contributed by atoms with Crippen molar-refractivity contribution in [1.29, 1.82) is 0 Å². The van der Waals surface area contributed by atoms with E-state index in [4.69, 9.17) is 14.5 Å². The zero-order chi connectivity index (χ0) is 24.6. The van der Waals surface area contributed by atoms with Gasteiger partial charge >= 0.3 is 0 Å². The van der Waals surface area contributed by atoms with Crippen LogP contribution >= 0.6 is 0 Å². The number of aromatic nitrogens is 5. The van der Waals surface area contributed by atoms with Gasteiger partial charge in [0.1, 0.15) is 17.1 Å². The summed E-state index contributed by atoms with van der Waals surface area (Å²) in [6, 6.07) is 17.3. The third kappa shape index (κ3) is 3.99. The van der Waals surface area contributed by atoms with Crippen LogP contribution < -0.4 is 10.3 Å². The van der Waals surface area contributed by atoms with Gasteiger partial charge in [-0.1, -0.05) is 18.2 Å². The highest BCUT2D eigenvalue weighted by molar-refractivity contribution is 5.92. The van der Waals surface area contributed by atoms with Gasteiger partial charge in [0, 0.05) is 62.8 Å². The molecule has 0 aliphatic carbocycles. The maximum atomic E-state index is 12.1. The van der Waals surface area contributed by atoms with Gasteiger partial charge in [-0.25, -0.2) is 4.98 Å². The van der Waals surface area contributed by atoms with E-state index in [1.165, 1.54) is 0 Å². The molecule has 4 heterocycles. The van der Waals surface area contributed by atoms with Crippen LogP contribution in [0.4, 0.5) is 0 Å². The summed E-state index contributed by atoms with van der Waals surface area (Å²) in [4.78, 5) is 17.3. The lowest BCUT2D eigenvalue weighted by molar-refractivity contribution is 0.0834. The summed E-state index contributed by atoms with van der Waals surface area (Å²) >= 11 is 0. The molecule has 0 unspecified atom stereocenters. The van der Waals surface area contributed by atoms with E-state index in [2.05, 4.69) is 15.7 Å². The molecule has 1 saturated heterocycles. The summed E-state index contributed by atoms with van der Waals surface area (Å²) in [5.74, 6) is 2.63. The molecule has 182 valence electrons. The van der Waals surface area contributed by atoms with Crippen LogP contribution in [0.25, 0.3) is 27.8 Å². The monoisotopic (exact) mass is 481 g/mol. The van der Waals surface area contributed by atoms with Gasteiger partial charge in [0.05, 0.1) is 17.4 Å². The van der Waals surface area contributed by atoms with Crippen LogP contribution in [0, 0.1) is 0 Å². The number of rotatable bonds is 5. The largest absolute Gasteiger partial charge is 0.454 e. The summed E-state index contributed by atoms with van der Waals surface area (Å²) in [5, 5.41) is 4.42. The molecule has 6 rings (SSSR count). The average molecular weight is 482 g/mol. The maximum Gasteiger partial charge on any atom is 0.250 e. The standard InChI is InChI=1S/C28H27N5O3/c1-31-17-20(8-11-25(31)34)23-9-10-24-26(27(23)36-22-6-4-3-5-7-22)30-28(19-12-14-35-15-13-19)33(24)21-16-29-32(2)18-21/h3-11,16-19H,12-15H2,1-2H3. The Labute approximate surface area is 208 Å². The van der Waals surface area contributed by atoms with Crippen molar-refractivity contribution in [3.8, 4) is 28.3 Å². The Morgan fingerprint density at radius 2 is 1.78 bits per heavy atom. The van der Waals surface area contributed by atoms with Crippen molar-refractivity contribution in [2.24, 2.45) is 14.1 Å². The van der Waals surface area contributed by atoms with Crippen LogP contribution in [0.3, 0.4) is 0 Å². The topological polar surface area (TPSA) is 76.1 Å². The molecule has 8 nitrogen and oxygen atoms in total. The minimum absolute atomic E-state index is 0.0620. The predicted octanol–water partition coefficient (Wildman–Crippen LogP) is 4.81. The third-order valence-corrected chi connectivity index (χ3v) is 6.70. The molecular weight excluding hydrogens is 454 g/mol.